The van der Waals surface area contributed by atoms with Gasteiger partial charge in [0.05, 0.1) is 0 Å². The second-order valence-corrected chi connectivity index (χ2v) is 5.11. The summed E-state index contributed by atoms with van der Waals surface area (Å²) in [5.74, 6) is 0.482. The van der Waals surface area contributed by atoms with Crippen molar-refractivity contribution >= 4 is 0 Å². The zero-order chi connectivity index (χ0) is 12.8. The van der Waals surface area contributed by atoms with E-state index in [0.29, 0.717) is 5.92 Å². The minimum Gasteiger partial charge on any atom is -0.385 e. The fourth-order valence-electron chi connectivity index (χ4n) is 2.43. The van der Waals surface area contributed by atoms with Crippen molar-refractivity contribution in [2.75, 3.05) is 26.8 Å². The van der Waals surface area contributed by atoms with Gasteiger partial charge in [-0.1, -0.05) is 20.8 Å². The van der Waals surface area contributed by atoms with Gasteiger partial charge in [0.25, 0.3) is 0 Å². The van der Waals surface area contributed by atoms with E-state index in [9.17, 15) is 0 Å². The molecule has 0 aromatic heterocycles. The highest BCUT2D eigenvalue weighted by Gasteiger charge is 2.34. The number of methoxy groups -OCH3 is 1. The fraction of sp³-hybridized carbons (Fsp3) is 1.00. The molecule has 0 spiro atoms. The smallest absolute Gasteiger partial charge is 0.0465 e. The first-order chi connectivity index (χ1) is 7.41. The lowest BCUT2D eigenvalue weighted by molar-refractivity contribution is 0.0754. The minimum atomic E-state index is 0.0522. The van der Waals surface area contributed by atoms with E-state index >= 15 is 0 Å². The van der Waals surface area contributed by atoms with Crippen LogP contribution in [0.25, 0.3) is 0 Å². The SMILES string of the molecule is CCN(CC)C(C)(C)C(N)C(C)CCOC. The highest BCUT2D eigenvalue weighted by atomic mass is 16.5. The first-order valence-electron chi connectivity index (χ1n) is 6.41. The van der Waals surface area contributed by atoms with E-state index in [1.165, 1.54) is 0 Å². The molecule has 2 unspecified atom stereocenters. The Bertz CT molecular complexity index is 179. The maximum Gasteiger partial charge on any atom is 0.0465 e. The lowest BCUT2D eigenvalue weighted by Crippen LogP contribution is -2.58. The van der Waals surface area contributed by atoms with Crippen LogP contribution in [-0.4, -0.2) is 43.3 Å². The Kier molecular flexibility index (Phi) is 7.20. The molecule has 0 heterocycles. The molecule has 0 aliphatic carbocycles. The van der Waals surface area contributed by atoms with Gasteiger partial charge in [-0.2, -0.15) is 0 Å². The molecular weight excluding hydrogens is 200 g/mol. The summed E-state index contributed by atoms with van der Waals surface area (Å²) in [4.78, 5) is 2.43. The first-order valence-corrected chi connectivity index (χ1v) is 6.41. The largest absolute Gasteiger partial charge is 0.385 e. The van der Waals surface area contributed by atoms with Crippen LogP contribution < -0.4 is 5.73 Å². The van der Waals surface area contributed by atoms with Crippen molar-refractivity contribution < 1.29 is 4.74 Å². The molecule has 3 heteroatoms. The van der Waals surface area contributed by atoms with E-state index in [4.69, 9.17) is 10.5 Å². The number of ether oxygens (including phenoxy) is 1. The van der Waals surface area contributed by atoms with Crippen LogP contribution in [0.5, 0.6) is 0 Å². The lowest BCUT2D eigenvalue weighted by Gasteiger charge is -2.44. The second kappa shape index (κ2) is 7.25. The van der Waals surface area contributed by atoms with Crippen LogP contribution in [0.4, 0.5) is 0 Å². The van der Waals surface area contributed by atoms with E-state index in [0.717, 1.165) is 26.1 Å². The van der Waals surface area contributed by atoms with Gasteiger partial charge in [-0.05, 0) is 39.3 Å². The molecule has 0 bridgehead atoms. The Balaban J connectivity index is 4.47. The van der Waals surface area contributed by atoms with Crippen LogP contribution in [0, 0.1) is 5.92 Å². The Hall–Kier alpha value is -0.120. The number of hydrogen-bond donors (Lipinski definition) is 1. The van der Waals surface area contributed by atoms with Crippen LogP contribution in [-0.2, 0) is 4.74 Å². The monoisotopic (exact) mass is 230 g/mol. The second-order valence-electron chi connectivity index (χ2n) is 5.11. The molecule has 2 N–H and O–H groups in total. The van der Waals surface area contributed by atoms with Crippen LogP contribution in [0.15, 0.2) is 0 Å². The molecule has 2 atom stereocenters. The van der Waals surface area contributed by atoms with Crippen molar-refractivity contribution in [1.82, 2.24) is 4.90 Å². The normalized spacial score (nSPS) is 16.5. The van der Waals surface area contributed by atoms with Gasteiger partial charge in [0.1, 0.15) is 0 Å². The number of nitrogens with two attached hydrogens (primary N) is 1. The maximum absolute atomic E-state index is 6.39. The zero-order valence-corrected chi connectivity index (χ0v) is 11.9. The van der Waals surface area contributed by atoms with Gasteiger partial charge in [-0.25, -0.2) is 0 Å². The summed E-state index contributed by atoms with van der Waals surface area (Å²) in [5.41, 5.74) is 6.44. The van der Waals surface area contributed by atoms with Crippen molar-refractivity contribution in [3.05, 3.63) is 0 Å². The van der Waals surface area contributed by atoms with Gasteiger partial charge in [-0.3, -0.25) is 4.90 Å². The number of rotatable bonds is 8. The number of hydrogen-bond acceptors (Lipinski definition) is 3. The summed E-state index contributed by atoms with van der Waals surface area (Å²) >= 11 is 0. The van der Waals surface area contributed by atoms with Crippen LogP contribution in [0.3, 0.4) is 0 Å². The number of likely N-dealkylation sites (N-methyl/N-ethyl adjacent to an activating group) is 1. The van der Waals surface area contributed by atoms with E-state index in [1.807, 2.05) is 0 Å². The molecule has 0 saturated carbocycles. The van der Waals surface area contributed by atoms with Crippen molar-refractivity contribution in [3.63, 3.8) is 0 Å². The molecule has 0 fully saturated rings. The molecule has 0 radical (unpaired) electrons. The Morgan fingerprint density at radius 2 is 1.75 bits per heavy atom. The molecule has 0 aromatic rings. The van der Waals surface area contributed by atoms with Crippen molar-refractivity contribution in [3.8, 4) is 0 Å². The Labute approximate surface area is 101 Å². The molecule has 0 rings (SSSR count). The summed E-state index contributed by atoms with van der Waals surface area (Å²) in [6, 6.07) is 0.183. The Morgan fingerprint density at radius 3 is 2.12 bits per heavy atom. The predicted octanol–water partition coefficient (Wildman–Crippen LogP) is 2.11. The third-order valence-corrected chi connectivity index (χ3v) is 3.78. The highest BCUT2D eigenvalue weighted by Crippen LogP contribution is 2.24. The van der Waals surface area contributed by atoms with Gasteiger partial charge in [0.15, 0.2) is 0 Å². The number of nitrogens with zero attached hydrogens (tertiary/aromatic N) is 1. The zero-order valence-electron chi connectivity index (χ0n) is 11.9. The minimum absolute atomic E-state index is 0.0522. The van der Waals surface area contributed by atoms with Crippen molar-refractivity contribution in [2.45, 2.75) is 52.6 Å². The molecular formula is C13H30N2O. The van der Waals surface area contributed by atoms with Crippen LogP contribution in [0.1, 0.15) is 41.0 Å². The molecule has 3 nitrogen and oxygen atoms in total. The molecule has 16 heavy (non-hydrogen) atoms. The molecule has 0 aromatic carbocycles. The summed E-state index contributed by atoms with van der Waals surface area (Å²) in [6.07, 6.45) is 1.03. The third kappa shape index (κ3) is 4.04. The van der Waals surface area contributed by atoms with E-state index in [-0.39, 0.29) is 11.6 Å². The van der Waals surface area contributed by atoms with Crippen LogP contribution in [0.2, 0.25) is 0 Å². The first kappa shape index (κ1) is 15.9. The Morgan fingerprint density at radius 1 is 1.25 bits per heavy atom. The topological polar surface area (TPSA) is 38.5 Å². The van der Waals surface area contributed by atoms with Crippen LogP contribution >= 0.6 is 0 Å². The van der Waals surface area contributed by atoms with Crippen molar-refractivity contribution in [1.29, 1.82) is 0 Å². The highest BCUT2D eigenvalue weighted by molar-refractivity contribution is 4.93. The summed E-state index contributed by atoms with van der Waals surface area (Å²) in [6.45, 7) is 14.0. The standard InChI is InChI=1S/C13H30N2O/c1-7-15(8-2)13(4,5)12(14)11(3)9-10-16-6/h11-12H,7-10,14H2,1-6H3. The van der Waals surface area contributed by atoms with E-state index in [1.54, 1.807) is 7.11 Å². The van der Waals surface area contributed by atoms with Gasteiger partial charge < -0.3 is 10.5 Å². The molecule has 98 valence electrons. The summed E-state index contributed by atoms with van der Waals surface area (Å²) in [5, 5.41) is 0. The molecule has 0 saturated heterocycles. The van der Waals surface area contributed by atoms with Gasteiger partial charge in [-0.15, -0.1) is 0 Å². The lowest BCUT2D eigenvalue weighted by atomic mass is 9.83. The van der Waals surface area contributed by atoms with E-state index < -0.39 is 0 Å². The van der Waals surface area contributed by atoms with Gasteiger partial charge >= 0.3 is 0 Å². The summed E-state index contributed by atoms with van der Waals surface area (Å²) in [7, 11) is 1.74. The van der Waals surface area contributed by atoms with Gasteiger partial charge in [0.2, 0.25) is 0 Å². The average Bonchev–Trinajstić information content (AvgIpc) is 2.26. The molecule has 0 amide bonds. The molecule has 0 aliphatic heterocycles. The van der Waals surface area contributed by atoms with E-state index in [2.05, 4.69) is 39.5 Å². The fourth-order valence-corrected chi connectivity index (χ4v) is 2.43. The quantitative estimate of drug-likeness (QED) is 0.694. The van der Waals surface area contributed by atoms with Crippen molar-refractivity contribution in [2.24, 2.45) is 11.7 Å². The molecule has 0 aliphatic rings. The third-order valence-electron chi connectivity index (χ3n) is 3.78. The summed E-state index contributed by atoms with van der Waals surface area (Å²) < 4.78 is 5.12. The van der Waals surface area contributed by atoms with Gasteiger partial charge in [0, 0.05) is 25.3 Å². The predicted molar refractivity (Wildman–Crippen MR) is 70.6 cm³/mol. The average molecular weight is 230 g/mol. The maximum atomic E-state index is 6.39.